The number of hydrogen-bond acceptors (Lipinski definition) is 5. The molecule has 0 spiro atoms. The minimum Gasteiger partial charge on any atom is -0.494 e. The molecule has 1 aromatic heterocycles. The van der Waals surface area contributed by atoms with Crippen LogP contribution in [-0.4, -0.2) is 17.5 Å². The van der Waals surface area contributed by atoms with E-state index in [1.54, 1.807) is 0 Å². The number of rotatable bonds is 8. The molecule has 1 heterocycles. The van der Waals surface area contributed by atoms with Crippen LogP contribution >= 0.6 is 0 Å². The number of carbonyl (C=O) groups is 1. The van der Waals surface area contributed by atoms with Crippen molar-refractivity contribution in [2.24, 2.45) is 5.73 Å². The minimum atomic E-state index is -0.410. The van der Waals surface area contributed by atoms with Crippen molar-refractivity contribution in [1.29, 1.82) is 0 Å². The fourth-order valence-corrected chi connectivity index (χ4v) is 2.73. The summed E-state index contributed by atoms with van der Waals surface area (Å²) in [6, 6.07) is 17.0. The first-order chi connectivity index (χ1) is 13.2. The van der Waals surface area contributed by atoms with Gasteiger partial charge < -0.3 is 20.2 Å². The van der Waals surface area contributed by atoms with Gasteiger partial charge in [-0.2, -0.15) is 0 Å². The van der Waals surface area contributed by atoms with Crippen molar-refractivity contribution in [3.8, 4) is 5.75 Å². The molecule has 0 saturated carbocycles. The van der Waals surface area contributed by atoms with E-state index in [2.05, 4.69) is 10.3 Å². The number of aromatic nitrogens is 1. The van der Waals surface area contributed by atoms with E-state index in [1.807, 2.05) is 61.5 Å². The highest BCUT2D eigenvalue weighted by Gasteiger charge is 2.17. The maximum absolute atomic E-state index is 12.4. The highest BCUT2D eigenvalue weighted by atomic mass is 16.5. The average Bonchev–Trinajstić information content (AvgIpc) is 3.19. The number of para-hydroxylation sites is 1. The summed E-state index contributed by atoms with van der Waals surface area (Å²) in [6.07, 6.45) is 1.92. The first kappa shape index (κ1) is 18.7. The highest BCUT2D eigenvalue weighted by Crippen LogP contribution is 2.18. The summed E-state index contributed by atoms with van der Waals surface area (Å²) in [6.45, 7) is 2.83. The minimum absolute atomic E-state index is 0.211. The van der Waals surface area contributed by atoms with Crippen molar-refractivity contribution in [2.75, 3.05) is 6.61 Å². The topological polar surface area (TPSA) is 90.4 Å². The second kappa shape index (κ2) is 9.00. The second-order valence-electron chi connectivity index (χ2n) is 6.09. The van der Waals surface area contributed by atoms with Gasteiger partial charge >= 0.3 is 0 Å². The van der Waals surface area contributed by atoms with E-state index in [0.717, 1.165) is 16.9 Å². The molecule has 6 nitrogen and oxygen atoms in total. The third-order valence-corrected chi connectivity index (χ3v) is 4.08. The van der Waals surface area contributed by atoms with Crippen LogP contribution in [0, 0.1) is 0 Å². The molecule has 3 aromatic rings. The summed E-state index contributed by atoms with van der Waals surface area (Å²) in [7, 11) is 0. The number of ether oxygens (including phenoxy) is 1. The Morgan fingerprint density at radius 3 is 2.70 bits per heavy atom. The molecule has 27 heavy (non-hydrogen) atoms. The molecule has 1 unspecified atom stereocenters. The normalized spacial score (nSPS) is 11.8. The number of nitrogens with two attached hydrogens (primary N) is 1. The van der Waals surface area contributed by atoms with Gasteiger partial charge in [0.05, 0.1) is 12.6 Å². The lowest BCUT2D eigenvalue weighted by molar-refractivity contribution is 0.0945. The average molecular weight is 365 g/mol. The number of hydrogen-bond donors (Lipinski definition) is 2. The molecule has 0 aliphatic carbocycles. The van der Waals surface area contributed by atoms with Crippen molar-refractivity contribution in [3.05, 3.63) is 83.6 Å². The summed E-state index contributed by atoms with van der Waals surface area (Å²) in [5.41, 5.74) is 8.35. The third kappa shape index (κ3) is 4.95. The van der Waals surface area contributed by atoms with Gasteiger partial charge in [-0.3, -0.25) is 4.79 Å². The summed E-state index contributed by atoms with van der Waals surface area (Å²) < 4.78 is 11.0. The molecule has 0 aliphatic rings. The van der Waals surface area contributed by atoms with Crippen molar-refractivity contribution < 1.29 is 13.9 Å². The summed E-state index contributed by atoms with van der Waals surface area (Å²) in [5, 5.41) is 2.83. The van der Waals surface area contributed by atoms with Crippen LogP contribution in [0.1, 0.15) is 40.5 Å². The molecule has 0 radical (unpaired) electrons. The predicted molar refractivity (Wildman–Crippen MR) is 102 cm³/mol. The Bertz CT molecular complexity index is 877. The fourth-order valence-electron chi connectivity index (χ4n) is 2.73. The standard InChI is InChI=1S/C21H23N3O3/c1-2-26-19-11-7-6-10-16(19)13-23-20(25)18-14-27-21(24-18)17(22)12-15-8-4-3-5-9-15/h3-11,14,17H,2,12-13,22H2,1H3,(H,23,25). The Kier molecular flexibility index (Phi) is 6.22. The van der Waals surface area contributed by atoms with Gasteiger partial charge in [-0.25, -0.2) is 4.98 Å². The van der Waals surface area contributed by atoms with E-state index in [9.17, 15) is 4.79 Å². The smallest absolute Gasteiger partial charge is 0.273 e. The van der Waals surface area contributed by atoms with Gasteiger partial charge in [-0.15, -0.1) is 0 Å². The molecule has 3 N–H and O–H groups in total. The van der Waals surface area contributed by atoms with Crippen molar-refractivity contribution in [1.82, 2.24) is 10.3 Å². The van der Waals surface area contributed by atoms with Crippen LogP contribution in [0.15, 0.2) is 65.3 Å². The Morgan fingerprint density at radius 2 is 1.93 bits per heavy atom. The lowest BCUT2D eigenvalue weighted by atomic mass is 10.1. The molecule has 0 fully saturated rings. The number of oxazole rings is 1. The molecule has 3 rings (SSSR count). The first-order valence-electron chi connectivity index (χ1n) is 8.91. The van der Waals surface area contributed by atoms with Crippen molar-refractivity contribution in [2.45, 2.75) is 25.9 Å². The summed E-state index contributed by atoms with van der Waals surface area (Å²) in [4.78, 5) is 16.6. The Labute approximate surface area is 158 Å². The lowest BCUT2D eigenvalue weighted by Crippen LogP contribution is -2.24. The molecule has 6 heteroatoms. The largest absolute Gasteiger partial charge is 0.494 e. The number of benzene rings is 2. The van der Waals surface area contributed by atoms with E-state index in [0.29, 0.717) is 25.5 Å². The molecular weight excluding hydrogens is 342 g/mol. The van der Waals surface area contributed by atoms with Crippen molar-refractivity contribution >= 4 is 5.91 Å². The Hall–Kier alpha value is -3.12. The van der Waals surface area contributed by atoms with Gasteiger partial charge in [-0.1, -0.05) is 48.5 Å². The lowest BCUT2D eigenvalue weighted by Gasteiger charge is -2.10. The van der Waals surface area contributed by atoms with Gasteiger partial charge in [0.15, 0.2) is 5.69 Å². The number of nitrogens with one attached hydrogen (secondary N) is 1. The van der Waals surface area contributed by atoms with E-state index in [4.69, 9.17) is 14.9 Å². The number of carbonyl (C=O) groups excluding carboxylic acids is 1. The van der Waals surface area contributed by atoms with Crippen LogP contribution in [0.5, 0.6) is 5.75 Å². The van der Waals surface area contributed by atoms with Crippen LogP contribution in [-0.2, 0) is 13.0 Å². The van der Waals surface area contributed by atoms with Gasteiger partial charge in [0.2, 0.25) is 5.89 Å². The molecule has 2 aromatic carbocycles. The molecular formula is C21H23N3O3. The number of nitrogens with zero attached hydrogens (tertiary/aromatic N) is 1. The molecule has 140 valence electrons. The highest BCUT2D eigenvalue weighted by molar-refractivity contribution is 5.91. The van der Waals surface area contributed by atoms with E-state index in [-0.39, 0.29) is 11.6 Å². The fraction of sp³-hybridized carbons (Fsp3) is 0.238. The van der Waals surface area contributed by atoms with E-state index < -0.39 is 6.04 Å². The van der Waals surface area contributed by atoms with E-state index in [1.165, 1.54) is 6.26 Å². The number of amides is 1. The maximum Gasteiger partial charge on any atom is 0.273 e. The molecule has 0 saturated heterocycles. The Balaban J connectivity index is 1.60. The van der Waals surface area contributed by atoms with Crippen LogP contribution in [0.3, 0.4) is 0 Å². The molecule has 0 bridgehead atoms. The van der Waals surface area contributed by atoms with Gasteiger partial charge in [0.25, 0.3) is 5.91 Å². The predicted octanol–water partition coefficient (Wildman–Crippen LogP) is 3.25. The van der Waals surface area contributed by atoms with Crippen LogP contribution < -0.4 is 15.8 Å². The zero-order chi connectivity index (χ0) is 19.1. The van der Waals surface area contributed by atoms with Gasteiger partial charge in [0, 0.05) is 12.1 Å². The van der Waals surface area contributed by atoms with Crippen LogP contribution in [0.25, 0.3) is 0 Å². The SMILES string of the molecule is CCOc1ccccc1CNC(=O)c1coc(C(N)Cc2ccccc2)n1. The zero-order valence-electron chi connectivity index (χ0n) is 15.2. The first-order valence-corrected chi connectivity index (χ1v) is 8.91. The molecule has 1 amide bonds. The quantitative estimate of drug-likeness (QED) is 0.639. The van der Waals surface area contributed by atoms with Crippen molar-refractivity contribution in [3.63, 3.8) is 0 Å². The summed E-state index contributed by atoms with van der Waals surface area (Å²) >= 11 is 0. The Morgan fingerprint density at radius 1 is 1.19 bits per heavy atom. The molecule has 1 atom stereocenters. The maximum atomic E-state index is 12.4. The zero-order valence-corrected chi connectivity index (χ0v) is 15.2. The van der Waals surface area contributed by atoms with Crippen LogP contribution in [0.2, 0.25) is 0 Å². The monoisotopic (exact) mass is 365 g/mol. The van der Waals surface area contributed by atoms with E-state index >= 15 is 0 Å². The van der Waals surface area contributed by atoms with Gasteiger partial charge in [0.1, 0.15) is 12.0 Å². The molecule has 0 aliphatic heterocycles. The van der Waals surface area contributed by atoms with Crippen LogP contribution in [0.4, 0.5) is 0 Å². The summed E-state index contributed by atoms with van der Waals surface area (Å²) in [5.74, 6) is 0.785. The van der Waals surface area contributed by atoms with Gasteiger partial charge in [-0.05, 0) is 25.0 Å². The third-order valence-electron chi connectivity index (χ3n) is 4.08. The second-order valence-corrected chi connectivity index (χ2v) is 6.09.